The van der Waals surface area contributed by atoms with Crippen molar-refractivity contribution in [2.45, 2.75) is 18.5 Å². The van der Waals surface area contributed by atoms with Crippen LogP contribution in [0.5, 0.6) is 5.75 Å². The van der Waals surface area contributed by atoms with Gasteiger partial charge in [0.2, 0.25) is 0 Å². The zero-order chi connectivity index (χ0) is 21.3. The van der Waals surface area contributed by atoms with Gasteiger partial charge in [-0.25, -0.2) is 4.79 Å². The van der Waals surface area contributed by atoms with E-state index in [1.54, 1.807) is 0 Å². The summed E-state index contributed by atoms with van der Waals surface area (Å²) in [4.78, 5) is 24.9. The SMILES string of the molecule is NC(=O)C1CN([C@H](c2ccc(Cl)cc2)c2ccc(Cl)cc2OC(F)(F)F)C(=O)O1. The fraction of sp³-hybridized carbons (Fsp3) is 0.222. The first-order valence-electron chi connectivity index (χ1n) is 8.12. The summed E-state index contributed by atoms with van der Waals surface area (Å²) in [6, 6.07) is 8.64. The van der Waals surface area contributed by atoms with Crippen LogP contribution in [0.15, 0.2) is 42.5 Å². The van der Waals surface area contributed by atoms with Gasteiger partial charge in [0.05, 0.1) is 12.6 Å². The third-order valence-corrected chi connectivity index (χ3v) is 4.64. The average molecular weight is 449 g/mol. The van der Waals surface area contributed by atoms with Crippen LogP contribution < -0.4 is 10.5 Å². The second-order valence-electron chi connectivity index (χ2n) is 6.11. The molecule has 2 amide bonds. The molecular formula is C18H13Cl2F3N2O4. The van der Waals surface area contributed by atoms with E-state index in [1.807, 2.05) is 0 Å². The number of amides is 2. The number of alkyl halides is 3. The van der Waals surface area contributed by atoms with Crippen molar-refractivity contribution >= 4 is 35.2 Å². The first kappa shape index (κ1) is 21.1. The molecule has 29 heavy (non-hydrogen) atoms. The van der Waals surface area contributed by atoms with Crippen LogP contribution in [0.3, 0.4) is 0 Å². The van der Waals surface area contributed by atoms with Crippen LogP contribution in [0.4, 0.5) is 18.0 Å². The molecule has 1 heterocycles. The molecule has 0 aliphatic carbocycles. The minimum atomic E-state index is -4.99. The highest BCUT2D eigenvalue weighted by Crippen LogP contribution is 2.40. The predicted octanol–water partition coefficient (Wildman–Crippen LogP) is 4.29. The Kier molecular flexibility index (Phi) is 5.81. The Morgan fingerprint density at radius 1 is 1.17 bits per heavy atom. The highest BCUT2D eigenvalue weighted by Gasteiger charge is 2.42. The molecular weight excluding hydrogens is 436 g/mol. The Hall–Kier alpha value is -2.65. The van der Waals surface area contributed by atoms with Gasteiger partial charge < -0.3 is 15.2 Å². The summed E-state index contributed by atoms with van der Waals surface area (Å²) in [5.41, 5.74) is 5.59. The van der Waals surface area contributed by atoms with E-state index in [9.17, 15) is 22.8 Å². The number of hydrogen-bond acceptors (Lipinski definition) is 4. The number of carbonyl (C=O) groups is 2. The minimum Gasteiger partial charge on any atom is -0.434 e. The molecule has 1 unspecified atom stereocenters. The second kappa shape index (κ2) is 8.00. The minimum absolute atomic E-state index is 0.00173. The van der Waals surface area contributed by atoms with Crippen molar-refractivity contribution in [1.82, 2.24) is 4.90 Å². The van der Waals surface area contributed by atoms with Crippen LogP contribution in [0.1, 0.15) is 17.2 Å². The third kappa shape index (κ3) is 4.86. The number of hydrogen-bond donors (Lipinski definition) is 1. The Labute approximate surface area is 172 Å². The van der Waals surface area contributed by atoms with Gasteiger partial charge in [-0.05, 0) is 29.8 Å². The second-order valence-corrected chi connectivity index (χ2v) is 6.98. The lowest BCUT2D eigenvalue weighted by Gasteiger charge is -2.28. The van der Waals surface area contributed by atoms with Crippen LogP contribution in [-0.4, -0.2) is 35.9 Å². The maximum atomic E-state index is 12.9. The van der Waals surface area contributed by atoms with Gasteiger partial charge in [0, 0.05) is 15.6 Å². The number of benzene rings is 2. The van der Waals surface area contributed by atoms with E-state index in [-0.39, 0.29) is 17.1 Å². The number of primary amides is 1. The first-order chi connectivity index (χ1) is 13.5. The van der Waals surface area contributed by atoms with Crippen molar-refractivity contribution in [3.8, 4) is 5.75 Å². The average Bonchev–Trinajstić information content (AvgIpc) is 2.99. The van der Waals surface area contributed by atoms with Gasteiger partial charge in [0.25, 0.3) is 5.91 Å². The molecule has 3 rings (SSSR count). The number of nitrogens with two attached hydrogens (primary N) is 1. The zero-order valence-corrected chi connectivity index (χ0v) is 16.0. The van der Waals surface area contributed by atoms with Gasteiger partial charge in [-0.2, -0.15) is 0 Å². The molecule has 0 spiro atoms. The van der Waals surface area contributed by atoms with E-state index in [4.69, 9.17) is 33.7 Å². The van der Waals surface area contributed by atoms with Crippen molar-refractivity contribution in [3.63, 3.8) is 0 Å². The van der Waals surface area contributed by atoms with Gasteiger partial charge in [-0.3, -0.25) is 9.69 Å². The van der Waals surface area contributed by atoms with Crippen LogP contribution in [-0.2, 0) is 9.53 Å². The first-order valence-corrected chi connectivity index (χ1v) is 8.88. The summed E-state index contributed by atoms with van der Waals surface area (Å²) in [7, 11) is 0. The van der Waals surface area contributed by atoms with Crippen molar-refractivity contribution in [2.24, 2.45) is 5.73 Å². The van der Waals surface area contributed by atoms with Gasteiger partial charge in [0.15, 0.2) is 6.10 Å². The van der Waals surface area contributed by atoms with Crippen molar-refractivity contribution in [2.75, 3.05) is 6.54 Å². The molecule has 2 atom stereocenters. The number of halogens is 5. The number of nitrogens with zero attached hydrogens (tertiary/aromatic N) is 1. The van der Waals surface area contributed by atoms with E-state index in [0.717, 1.165) is 11.0 Å². The number of cyclic esters (lactones) is 1. The summed E-state index contributed by atoms with van der Waals surface area (Å²) in [6.07, 6.45) is -7.15. The fourth-order valence-electron chi connectivity index (χ4n) is 2.96. The topological polar surface area (TPSA) is 81.9 Å². The molecule has 1 saturated heterocycles. The largest absolute Gasteiger partial charge is 0.573 e. The summed E-state index contributed by atoms with van der Waals surface area (Å²) >= 11 is 11.7. The van der Waals surface area contributed by atoms with Gasteiger partial charge in [-0.15, -0.1) is 13.2 Å². The van der Waals surface area contributed by atoms with Crippen molar-refractivity contribution in [1.29, 1.82) is 0 Å². The predicted molar refractivity (Wildman–Crippen MR) is 97.6 cm³/mol. The Morgan fingerprint density at radius 3 is 2.34 bits per heavy atom. The van der Waals surface area contributed by atoms with E-state index in [0.29, 0.717) is 10.6 Å². The van der Waals surface area contributed by atoms with Crippen LogP contribution in [0, 0.1) is 0 Å². The van der Waals surface area contributed by atoms with E-state index < -0.39 is 36.3 Å². The molecule has 1 aliphatic rings. The van der Waals surface area contributed by atoms with Crippen molar-refractivity contribution < 1.29 is 32.2 Å². The molecule has 6 nitrogen and oxygen atoms in total. The number of rotatable bonds is 5. The lowest BCUT2D eigenvalue weighted by molar-refractivity contribution is -0.275. The Balaban J connectivity index is 2.13. The number of carbonyl (C=O) groups excluding carboxylic acids is 2. The monoisotopic (exact) mass is 448 g/mol. The third-order valence-electron chi connectivity index (χ3n) is 4.15. The van der Waals surface area contributed by atoms with Crippen LogP contribution in [0.25, 0.3) is 0 Å². The standard InChI is InChI=1S/C18H13Cl2F3N2O4/c19-10-3-1-9(2-4-10)15(25-8-14(16(24)26)28-17(25)27)12-6-5-11(20)7-13(12)29-18(21,22)23/h1-7,14-15H,8H2,(H2,24,26)/t14?,15-/m1/s1. The normalized spacial score (nSPS) is 17.8. The lowest BCUT2D eigenvalue weighted by Crippen LogP contribution is -2.35. The maximum absolute atomic E-state index is 12.9. The Morgan fingerprint density at radius 2 is 1.79 bits per heavy atom. The molecule has 2 aromatic rings. The quantitative estimate of drug-likeness (QED) is 0.739. The van der Waals surface area contributed by atoms with E-state index in [2.05, 4.69) is 4.74 Å². The molecule has 2 aromatic carbocycles. The molecule has 0 aromatic heterocycles. The summed E-state index contributed by atoms with van der Waals surface area (Å²) in [5.74, 6) is -1.47. The van der Waals surface area contributed by atoms with Gasteiger partial charge >= 0.3 is 12.5 Å². The van der Waals surface area contributed by atoms with Crippen molar-refractivity contribution in [3.05, 3.63) is 63.6 Å². The molecule has 2 N–H and O–H groups in total. The summed E-state index contributed by atoms with van der Waals surface area (Å²) in [5, 5.41) is 0.385. The van der Waals surface area contributed by atoms with Gasteiger partial charge in [0.1, 0.15) is 5.75 Å². The smallest absolute Gasteiger partial charge is 0.434 e. The molecule has 1 aliphatic heterocycles. The number of ether oxygens (including phenoxy) is 2. The highest BCUT2D eigenvalue weighted by atomic mass is 35.5. The maximum Gasteiger partial charge on any atom is 0.573 e. The highest BCUT2D eigenvalue weighted by molar-refractivity contribution is 6.31. The van der Waals surface area contributed by atoms with Gasteiger partial charge in [-0.1, -0.05) is 41.4 Å². The molecule has 11 heteroatoms. The molecule has 0 saturated carbocycles. The zero-order valence-electron chi connectivity index (χ0n) is 14.5. The van der Waals surface area contributed by atoms with E-state index >= 15 is 0 Å². The Bertz CT molecular complexity index is 938. The van der Waals surface area contributed by atoms with Crippen LogP contribution >= 0.6 is 23.2 Å². The van der Waals surface area contributed by atoms with Crippen LogP contribution in [0.2, 0.25) is 10.0 Å². The summed E-state index contributed by atoms with van der Waals surface area (Å²) < 4.78 is 47.9. The lowest BCUT2D eigenvalue weighted by atomic mass is 9.96. The molecule has 154 valence electrons. The molecule has 1 fully saturated rings. The summed E-state index contributed by atoms with van der Waals surface area (Å²) in [6.45, 7) is -0.254. The fourth-order valence-corrected chi connectivity index (χ4v) is 3.25. The molecule has 0 radical (unpaired) electrons. The van der Waals surface area contributed by atoms with E-state index in [1.165, 1.54) is 36.4 Å². The molecule has 0 bridgehead atoms.